The molecule has 0 unspecified atom stereocenters. The monoisotopic (exact) mass is 346 g/mol. The first kappa shape index (κ1) is 17.4. The number of carbonyl (C=O) groups is 3. The lowest BCUT2D eigenvalue weighted by Gasteiger charge is -2.13. The minimum absolute atomic E-state index is 0.145. The van der Waals surface area contributed by atoms with Crippen LogP contribution >= 0.6 is 0 Å². The maximum Gasteiger partial charge on any atom is 0.252 e. The molecule has 1 fully saturated rings. The van der Waals surface area contributed by atoms with Crippen LogP contribution in [0.4, 0.5) is 0 Å². The van der Waals surface area contributed by atoms with E-state index in [0.717, 1.165) is 11.1 Å². The Morgan fingerprint density at radius 2 is 1.62 bits per heavy atom. The van der Waals surface area contributed by atoms with Gasteiger partial charge in [0.25, 0.3) is 5.91 Å². The molecule has 0 saturated carbocycles. The van der Waals surface area contributed by atoms with E-state index in [1.165, 1.54) is 4.90 Å². The fourth-order valence-electron chi connectivity index (χ4n) is 2.64. The summed E-state index contributed by atoms with van der Waals surface area (Å²) >= 11 is 0. The van der Waals surface area contributed by atoms with E-state index < -0.39 is 0 Å². The van der Waals surface area contributed by atoms with E-state index in [2.05, 4.69) is 17.2 Å². The number of carbonyl (C=O) groups excluding carboxylic acids is 3. The SMILES string of the molecule is O=C(NCC#Cc1ccccc1)c1ccc(CN2C(=O)CCC2=O)cc1. The highest BCUT2D eigenvalue weighted by atomic mass is 16.2. The van der Waals surface area contributed by atoms with Crippen molar-refractivity contribution in [2.24, 2.45) is 0 Å². The molecule has 0 aliphatic carbocycles. The second kappa shape index (κ2) is 8.13. The summed E-state index contributed by atoms with van der Waals surface area (Å²) in [6, 6.07) is 16.4. The van der Waals surface area contributed by atoms with Crippen molar-refractivity contribution in [1.82, 2.24) is 10.2 Å². The maximum atomic E-state index is 12.1. The van der Waals surface area contributed by atoms with Crippen molar-refractivity contribution in [1.29, 1.82) is 0 Å². The molecule has 0 aromatic heterocycles. The van der Waals surface area contributed by atoms with Gasteiger partial charge >= 0.3 is 0 Å². The number of amides is 3. The molecule has 1 saturated heterocycles. The molecule has 0 radical (unpaired) electrons. The Morgan fingerprint density at radius 1 is 0.962 bits per heavy atom. The van der Waals surface area contributed by atoms with Crippen LogP contribution in [-0.2, 0) is 16.1 Å². The number of imide groups is 1. The number of benzene rings is 2. The van der Waals surface area contributed by atoms with Crippen molar-refractivity contribution in [3.63, 3.8) is 0 Å². The van der Waals surface area contributed by atoms with E-state index in [9.17, 15) is 14.4 Å². The zero-order valence-corrected chi connectivity index (χ0v) is 14.2. The lowest BCUT2D eigenvalue weighted by Crippen LogP contribution is -2.28. The summed E-state index contributed by atoms with van der Waals surface area (Å²) in [5.74, 6) is 5.38. The Hall–Kier alpha value is -3.39. The molecular formula is C21H18N2O3. The molecule has 3 amide bonds. The fraction of sp³-hybridized carbons (Fsp3) is 0.190. The molecule has 0 atom stereocenters. The first-order valence-corrected chi connectivity index (χ1v) is 8.38. The number of hydrogen-bond acceptors (Lipinski definition) is 3. The van der Waals surface area contributed by atoms with E-state index in [-0.39, 0.29) is 43.7 Å². The van der Waals surface area contributed by atoms with Crippen molar-refractivity contribution in [2.75, 3.05) is 6.54 Å². The van der Waals surface area contributed by atoms with Crippen LogP contribution in [0.1, 0.15) is 34.3 Å². The van der Waals surface area contributed by atoms with Gasteiger partial charge in [-0.05, 0) is 29.8 Å². The van der Waals surface area contributed by atoms with E-state index in [1.807, 2.05) is 30.3 Å². The third-order valence-corrected chi connectivity index (χ3v) is 4.06. The molecule has 2 aromatic carbocycles. The fourth-order valence-corrected chi connectivity index (χ4v) is 2.64. The summed E-state index contributed by atoms with van der Waals surface area (Å²) in [5, 5.41) is 2.74. The lowest BCUT2D eigenvalue weighted by molar-refractivity contribution is -0.139. The Kier molecular flexibility index (Phi) is 5.45. The van der Waals surface area contributed by atoms with Crippen LogP contribution in [-0.4, -0.2) is 29.2 Å². The third-order valence-electron chi connectivity index (χ3n) is 4.06. The second-order valence-electron chi connectivity index (χ2n) is 5.92. The molecule has 5 heteroatoms. The summed E-state index contributed by atoms with van der Waals surface area (Å²) < 4.78 is 0. The molecule has 1 N–H and O–H groups in total. The topological polar surface area (TPSA) is 66.5 Å². The highest BCUT2D eigenvalue weighted by Gasteiger charge is 2.28. The second-order valence-corrected chi connectivity index (χ2v) is 5.92. The van der Waals surface area contributed by atoms with Gasteiger partial charge in [-0.15, -0.1) is 0 Å². The zero-order chi connectivity index (χ0) is 18.4. The Bertz CT molecular complexity index is 861. The molecule has 0 spiro atoms. The smallest absolute Gasteiger partial charge is 0.252 e. The Balaban J connectivity index is 1.53. The van der Waals surface area contributed by atoms with Crippen LogP contribution in [0.5, 0.6) is 0 Å². The van der Waals surface area contributed by atoms with Gasteiger partial charge in [0.05, 0.1) is 13.1 Å². The molecule has 130 valence electrons. The first-order chi connectivity index (χ1) is 12.6. The van der Waals surface area contributed by atoms with Crippen molar-refractivity contribution >= 4 is 17.7 Å². The average Bonchev–Trinajstić information content (AvgIpc) is 2.98. The number of nitrogens with zero attached hydrogens (tertiary/aromatic N) is 1. The first-order valence-electron chi connectivity index (χ1n) is 8.38. The molecule has 0 bridgehead atoms. The highest BCUT2D eigenvalue weighted by molar-refractivity contribution is 6.01. The van der Waals surface area contributed by atoms with Gasteiger partial charge in [-0.25, -0.2) is 0 Å². The molecule has 3 rings (SSSR count). The minimum Gasteiger partial charge on any atom is -0.341 e. The molecule has 5 nitrogen and oxygen atoms in total. The molecule has 1 aliphatic heterocycles. The maximum absolute atomic E-state index is 12.1. The van der Waals surface area contributed by atoms with E-state index in [4.69, 9.17) is 0 Å². The van der Waals surface area contributed by atoms with Gasteiger partial charge in [-0.2, -0.15) is 0 Å². The minimum atomic E-state index is -0.216. The summed E-state index contributed by atoms with van der Waals surface area (Å²) in [5.41, 5.74) is 2.22. The summed E-state index contributed by atoms with van der Waals surface area (Å²) in [7, 11) is 0. The number of likely N-dealkylation sites (tertiary alicyclic amines) is 1. The van der Waals surface area contributed by atoms with Gasteiger partial charge in [0, 0.05) is 24.0 Å². The van der Waals surface area contributed by atoms with Crippen molar-refractivity contribution in [3.8, 4) is 11.8 Å². The number of rotatable bonds is 4. The van der Waals surface area contributed by atoms with Gasteiger partial charge in [0.15, 0.2) is 0 Å². The predicted molar refractivity (Wildman–Crippen MR) is 96.9 cm³/mol. The van der Waals surface area contributed by atoms with Gasteiger partial charge < -0.3 is 5.32 Å². The van der Waals surface area contributed by atoms with E-state index >= 15 is 0 Å². The molecule has 2 aromatic rings. The normalized spacial score (nSPS) is 13.3. The highest BCUT2D eigenvalue weighted by Crippen LogP contribution is 2.16. The van der Waals surface area contributed by atoms with E-state index in [0.29, 0.717) is 5.56 Å². The largest absolute Gasteiger partial charge is 0.341 e. The molecule has 26 heavy (non-hydrogen) atoms. The average molecular weight is 346 g/mol. The van der Waals surface area contributed by atoms with Crippen molar-refractivity contribution < 1.29 is 14.4 Å². The third kappa shape index (κ3) is 4.37. The Morgan fingerprint density at radius 3 is 2.27 bits per heavy atom. The van der Waals surface area contributed by atoms with Crippen molar-refractivity contribution in [3.05, 3.63) is 71.3 Å². The molecule has 1 aliphatic rings. The van der Waals surface area contributed by atoms with E-state index in [1.54, 1.807) is 24.3 Å². The lowest BCUT2D eigenvalue weighted by atomic mass is 10.1. The van der Waals surface area contributed by atoms with Gasteiger partial charge in [0.1, 0.15) is 0 Å². The number of hydrogen-bond donors (Lipinski definition) is 1. The summed E-state index contributed by atoms with van der Waals surface area (Å²) in [6.07, 6.45) is 0.562. The standard InChI is InChI=1S/C21H18N2O3/c24-19-12-13-20(25)23(19)15-17-8-10-18(11-9-17)21(26)22-14-4-7-16-5-2-1-3-6-16/h1-3,5-6,8-11H,12-15H2,(H,22,26). The molecular weight excluding hydrogens is 328 g/mol. The Labute approximate surface area is 152 Å². The summed E-state index contributed by atoms with van der Waals surface area (Å²) in [6.45, 7) is 0.508. The van der Waals surface area contributed by atoms with Crippen LogP contribution in [0.25, 0.3) is 0 Å². The van der Waals surface area contributed by atoms with Crippen LogP contribution in [0.15, 0.2) is 54.6 Å². The van der Waals surface area contributed by atoms with Crippen LogP contribution < -0.4 is 5.32 Å². The van der Waals surface area contributed by atoms with Crippen LogP contribution in [0, 0.1) is 11.8 Å². The summed E-state index contributed by atoms with van der Waals surface area (Å²) in [4.78, 5) is 36.7. The number of nitrogens with one attached hydrogen (secondary N) is 1. The van der Waals surface area contributed by atoms with Gasteiger partial charge in [0.2, 0.25) is 11.8 Å². The molecule has 1 heterocycles. The van der Waals surface area contributed by atoms with Crippen LogP contribution in [0.2, 0.25) is 0 Å². The van der Waals surface area contributed by atoms with Crippen molar-refractivity contribution in [2.45, 2.75) is 19.4 Å². The zero-order valence-electron chi connectivity index (χ0n) is 14.2. The quantitative estimate of drug-likeness (QED) is 0.681. The predicted octanol–water partition coefficient (Wildman–Crippen LogP) is 2.12. The van der Waals surface area contributed by atoms with Gasteiger partial charge in [-0.3, -0.25) is 19.3 Å². The van der Waals surface area contributed by atoms with Gasteiger partial charge in [-0.1, -0.05) is 42.2 Å². The van der Waals surface area contributed by atoms with Crippen LogP contribution in [0.3, 0.4) is 0 Å².